The van der Waals surface area contributed by atoms with Crippen molar-refractivity contribution in [2.24, 2.45) is 0 Å². The zero-order valence-electron chi connectivity index (χ0n) is 13.6. The molecule has 3 heterocycles. The molecule has 0 atom stereocenters. The molecule has 1 aromatic heterocycles. The molecule has 0 bridgehead atoms. The van der Waals surface area contributed by atoms with Crippen LogP contribution in [0.5, 0.6) is 0 Å². The topological polar surface area (TPSA) is 61.9 Å². The Morgan fingerprint density at radius 2 is 2.20 bits per heavy atom. The van der Waals surface area contributed by atoms with E-state index in [1.54, 1.807) is 16.2 Å². The van der Waals surface area contributed by atoms with Crippen molar-refractivity contribution >= 4 is 57.5 Å². The number of ether oxygens (including phenoxy) is 1. The van der Waals surface area contributed by atoms with Gasteiger partial charge in [0.05, 0.1) is 18.1 Å². The highest BCUT2D eigenvalue weighted by Crippen LogP contribution is 2.33. The molecule has 2 fully saturated rings. The Balaban J connectivity index is 1.45. The molecule has 6 nitrogen and oxygen atoms in total. The summed E-state index contributed by atoms with van der Waals surface area (Å²) in [4.78, 5) is 27.7. The zero-order chi connectivity index (χ0) is 17.6. The summed E-state index contributed by atoms with van der Waals surface area (Å²) < 4.78 is 5.80. The number of amides is 2. The predicted octanol–water partition coefficient (Wildman–Crippen LogP) is 2.09. The largest absolute Gasteiger partial charge is 0.379 e. The zero-order valence-corrected chi connectivity index (χ0v) is 16.1. The minimum Gasteiger partial charge on any atom is -0.379 e. The molecule has 0 unspecified atom stereocenters. The molecule has 0 spiro atoms. The monoisotopic (exact) mass is 397 g/mol. The molecule has 0 aliphatic carbocycles. The molecule has 2 aliphatic rings. The quantitative estimate of drug-likeness (QED) is 0.586. The van der Waals surface area contributed by atoms with Crippen LogP contribution in [-0.4, -0.2) is 58.9 Å². The average molecular weight is 398 g/mol. The van der Waals surface area contributed by atoms with Crippen LogP contribution in [-0.2, 0) is 14.3 Å². The van der Waals surface area contributed by atoms with Gasteiger partial charge in [0.25, 0.3) is 5.91 Å². The standard InChI is InChI=1S/C16H19N3O3S3/c20-14(17-18-6-8-22-9-7-18)4-1-5-19-15(21)13(25-16(19)23)11-12-3-2-10-24-12/h2-3,10-11H,1,4-9H2,(H,17,20). The van der Waals surface area contributed by atoms with E-state index in [2.05, 4.69) is 5.43 Å². The molecule has 0 saturated carbocycles. The Bertz CT molecular complexity index is 669. The molecule has 0 aromatic carbocycles. The summed E-state index contributed by atoms with van der Waals surface area (Å²) in [6, 6.07) is 3.91. The summed E-state index contributed by atoms with van der Waals surface area (Å²) in [5.41, 5.74) is 2.87. The molecule has 2 amide bonds. The number of carbonyl (C=O) groups is 2. The maximum Gasteiger partial charge on any atom is 0.266 e. The van der Waals surface area contributed by atoms with Gasteiger partial charge in [-0.2, -0.15) is 0 Å². The summed E-state index contributed by atoms with van der Waals surface area (Å²) in [5.74, 6) is -0.113. The number of thiophene rings is 1. The first kappa shape index (κ1) is 18.5. The highest BCUT2D eigenvalue weighted by molar-refractivity contribution is 8.26. The number of hydrazine groups is 1. The van der Waals surface area contributed by atoms with E-state index in [4.69, 9.17) is 17.0 Å². The first-order valence-electron chi connectivity index (χ1n) is 8.04. The summed E-state index contributed by atoms with van der Waals surface area (Å²) >= 11 is 8.21. The molecule has 134 valence electrons. The van der Waals surface area contributed by atoms with Crippen LogP contribution < -0.4 is 5.43 Å². The van der Waals surface area contributed by atoms with Crippen molar-refractivity contribution in [3.05, 3.63) is 27.3 Å². The number of thioether (sulfide) groups is 1. The lowest BCUT2D eigenvalue weighted by Gasteiger charge is -2.27. The second-order valence-electron chi connectivity index (χ2n) is 5.59. The van der Waals surface area contributed by atoms with Crippen molar-refractivity contribution in [3.8, 4) is 0 Å². The van der Waals surface area contributed by atoms with Crippen molar-refractivity contribution < 1.29 is 14.3 Å². The van der Waals surface area contributed by atoms with Crippen molar-refractivity contribution in [2.45, 2.75) is 12.8 Å². The summed E-state index contributed by atoms with van der Waals surface area (Å²) in [7, 11) is 0. The molecule has 0 radical (unpaired) electrons. The van der Waals surface area contributed by atoms with Crippen LogP contribution in [0.25, 0.3) is 6.08 Å². The number of rotatable bonds is 6. The Morgan fingerprint density at radius 3 is 2.92 bits per heavy atom. The van der Waals surface area contributed by atoms with E-state index in [1.165, 1.54) is 11.8 Å². The molecule has 9 heteroatoms. The van der Waals surface area contributed by atoms with Gasteiger partial charge in [-0.15, -0.1) is 11.3 Å². The van der Waals surface area contributed by atoms with E-state index in [0.29, 0.717) is 54.9 Å². The van der Waals surface area contributed by atoms with Crippen molar-refractivity contribution in [1.82, 2.24) is 15.3 Å². The van der Waals surface area contributed by atoms with Crippen molar-refractivity contribution in [3.63, 3.8) is 0 Å². The number of thiocarbonyl (C=S) groups is 1. The maximum absolute atomic E-state index is 12.5. The van der Waals surface area contributed by atoms with Crippen molar-refractivity contribution in [2.75, 3.05) is 32.8 Å². The minimum atomic E-state index is -0.0722. The van der Waals surface area contributed by atoms with E-state index in [-0.39, 0.29) is 11.8 Å². The van der Waals surface area contributed by atoms with Gasteiger partial charge in [0, 0.05) is 30.9 Å². The van der Waals surface area contributed by atoms with Gasteiger partial charge in [0.2, 0.25) is 5.91 Å². The molecular formula is C16H19N3O3S3. The average Bonchev–Trinajstić information content (AvgIpc) is 3.19. The highest BCUT2D eigenvalue weighted by Gasteiger charge is 2.31. The third-order valence-electron chi connectivity index (χ3n) is 3.77. The minimum absolute atomic E-state index is 0.0403. The number of morpholine rings is 1. The first-order valence-corrected chi connectivity index (χ1v) is 10.1. The number of hydrogen-bond donors (Lipinski definition) is 1. The SMILES string of the molecule is O=C(CCCN1C(=O)C(=Cc2cccs2)SC1=S)NN1CCOCC1. The van der Waals surface area contributed by atoms with E-state index in [0.717, 1.165) is 4.88 Å². The van der Waals surface area contributed by atoms with Gasteiger partial charge >= 0.3 is 0 Å². The van der Waals surface area contributed by atoms with Gasteiger partial charge in [-0.25, -0.2) is 5.01 Å². The van der Waals surface area contributed by atoms with E-state index < -0.39 is 0 Å². The molecule has 1 aromatic rings. The van der Waals surface area contributed by atoms with Gasteiger partial charge in [-0.3, -0.25) is 19.9 Å². The highest BCUT2D eigenvalue weighted by atomic mass is 32.2. The Kier molecular flexibility index (Phi) is 6.60. The number of hydrogen-bond acceptors (Lipinski definition) is 7. The third-order valence-corrected chi connectivity index (χ3v) is 5.97. The fourth-order valence-corrected chi connectivity index (χ4v) is 4.53. The molecule has 2 aliphatic heterocycles. The maximum atomic E-state index is 12.5. The molecule has 1 N–H and O–H groups in total. The predicted molar refractivity (Wildman–Crippen MR) is 104 cm³/mol. The summed E-state index contributed by atoms with van der Waals surface area (Å²) in [6.07, 6.45) is 2.81. The van der Waals surface area contributed by atoms with Crippen LogP contribution in [0.4, 0.5) is 0 Å². The van der Waals surface area contributed by atoms with Gasteiger partial charge in [0.15, 0.2) is 0 Å². The van der Waals surface area contributed by atoms with Crippen LogP contribution in [0.1, 0.15) is 17.7 Å². The molecular weight excluding hydrogens is 378 g/mol. The Hall–Kier alpha value is -1.26. The summed E-state index contributed by atoms with van der Waals surface area (Å²) in [5, 5.41) is 3.84. The van der Waals surface area contributed by atoms with Gasteiger partial charge in [0.1, 0.15) is 4.32 Å². The van der Waals surface area contributed by atoms with Crippen molar-refractivity contribution in [1.29, 1.82) is 0 Å². The molecule has 2 saturated heterocycles. The summed E-state index contributed by atoms with van der Waals surface area (Å²) in [6.45, 7) is 3.13. The van der Waals surface area contributed by atoms with Gasteiger partial charge in [-0.1, -0.05) is 30.0 Å². The number of carbonyl (C=O) groups excluding carboxylic acids is 2. The van der Waals surface area contributed by atoms with E-state index >= 15 is 0 Å². The van der Waals surface area contributed by atoms with Crippen LogP contribution >= 0.6 is 35.3 Å². The van der Waals surface area contributed by atoms with Crippen LogP contribution in [0.2, 0.25) is 0 Å². The number of nitrogens with one attached hydrogen (secondary N) is 1. The second kappa shape index (κ2) is 8.91. The normalized spacial score (nSPS) is 20.5. The van der Waals surface area contributed by atoms with Gasteiger partial charge < -0.3 is 4.74 Å². The molecule has 25 heavy (non-hydrogen) atoms. The van der Waals surface area contributed by atoms with E-state index in [9.17, 15) is 9.59 Å². The van der Waals surface area contributed by atoms with Gasteiger partial charge in [-0.05, 0) is 23.9 Å². The first-order chi connectivity index (χ1) is 12.1. The van der Waals surface area contributed by atoms with Crippen LogP contribution in [0.3, 0.4) is 0 Å². The lowest BCUT2D eigenvalue weighted by molar-refractivity contribution is -0.128. The molecule has 3 rings (SSSR count). The Morgan fingerprint density at radius 1 is 1.40 bits per heavy atom. The number of nitrogens with zero attached hydrogens (tertiary/aromatic N) is 2. The smallest absolute Gasteiger partial charge is 0.266 e. The van der Waals surface area contributed by atoms with Crippen LogP contribution in [0, 0.1) is 0 Å². The fraction of sp³-hybridized carbons (Fsp3) is 0.438. The lowest BCUT2D eigenvalue weighted by Crippen LogP contribution is -2.48. The lowest BCUT2D eigenvalue weighted by atomic mass is 10.3. The third kappa shape index (κ3) is 5.11. The van der Waals surface area contributed by atoms with E-state index in [1.807, 2.05) is 28.6 Å². The Labute approximate surface area is 160 Å². The van der Waals surface area contributed by atoms with Crippen LogP contribution in [0.15, 0.2) is 22.4 Å². The fourth-order valence-electron chi connectivity index (χ4n) is 2.50. The second-order valence-corrected chi connectivity index (χ2v) is 8.24.